The average molecular weight is 238 g/mol. The Morgan fingerprint density at radius 3 is 2.13 bits per heavy atom. The number of hydrogen-bond donors (Lipinski definition) is 0. The van der Waals surface area contributed by atoms with E-state index >= 15 is 0 Å². The minimum atomic E-state index is -4.66. The first-order valence-electron chi connectivity index (χ1n) is 3.92. The zero-order chi connectivity index (χ0) is 11.6. The maximum Gasteiger partial charge on any atom is 0.444 e. The quantitative estimate of drug-likeness (QED) is 0.705. The fourth-order valence-corrected chi connectivity index (χ4v) is 0.984. The summed E-state index contributed by atoms with van der Waals surface area (Å²) in [4.78, 5) is 10.5. The molecule has 1 rings (SSSR count). The number of nitrogens with zero attached hydrogens (tertiary/aromatic N) is 3. The summed E-state index contributed by atoms with van der Waals surface area (Å²) in [6.07, 6.45) is -4.66. The summed E-state index contributed by atoms with van der Waals surface area (Å²) in [6.45, 7) is 3.27. The molecule has 7 heteroatoms. The first-order valence-corrected chi connectivity index (χ1v) is 4.30. The third-order valence-electron chi connectivity index (χ3n) is 1.40. The molecule has 0 aliphatic carbocycles. The molecule has 0 amide bonds. The maximum absolute atomic E-state index is 12.0. The van der Waals surface area contributed by atoms with Gasteiger partial charge in [-0.05, 0) is 19.9 Å². The van der Waals surface area contributed by atoms with Crippen molar-refractivity contribution >= 4 is 22.7 Å². The van der Waals surface area contributed by atoms with Crippen molar-refractivity contribution in [3.05, 3.63) is 17.5 Å². The van der Waals surface area contributed by atoms with Gasteiger partial charge in [0.25, 0.3) is 5.95 Å². The van der Waals surface area contributed by atoms with Crippen LogP contribution < -0.4 is 0 Å². The van der Waals surface area contributed by atoms with Gasteiger partial charge < -0.3 is 0 Å². The number of aryl methyl sites for hydroxylation is 2. The van der Waals surface area contributed by atoms with Crippen molar-refractivity contribution in [3.8, 4) is 0 Å². The lowest BCUT2D eigenvalue weighted by atomic mass is 10.4. The van der Waals surface area contributed by atoms with E-state index in [-0.39, 0.29) is 5.95 Å². The minimum absolute atomic E-state index is 0.283. The molecule has 3 nitrogen and oxygen atoms in total. The van der Waals surface area contributed by atoms with Gasteiger partial charge in [-0.3, -0.25) is 0 Å². The SMILES string of the molecule is Cc1cc(C)nc(N=C(Cl)C(F)(F)F)n1. The molecule has 0 spiro atoms. The molecule has 0 N–H and O–H groups in total. The molecule has 15 heavy (non-hydrogen) atoms. The highest BCUT2D eigenvalue weighted by Gasteiger charge is 2.34. The number of alkyl halides is 3. The van der Waals surface area contributed by atoms with Crippen LogP contribution in [-0.4, -0.2) is 21.3 Å². The fourth-order valence-electron chi connectivity index (χ4n) is 0.909. The van der Waals surface area contributed by atoms with Crippen molar-refractivity contribution in [1.82, 2.24) is 9.97 Å². The molecule has 0 aliphatic rings. The van der Waals surface area contributed by atoms with Gasteiger partial charge >= 0.3 is 6.18 Å². The second-order valence-electron chi connectivity index (χ2n) is 2.85. The Morgan fingerprint density at radius 1 is 1.27 bits per heavy atom. The van der Waals surface area contributed by atoms with Crippen LogP contribution in [0.1, 0.15) is 11.4 Å². The molecule has 1 aromatic rings. The number of halogens is 4. The molecule has 0 bridgehead atoms. The van der Waals surface area contributed by atoms with Crippen LogP contribution in [0.2, 0.25) is 0 Å². The van der Waals surface area contributed by atoms with E-state index in [9.17, 15) is 13.2 Å². The highest BCUT2D eigenvalue weighted by Crippen LogP contribution is 2.22. The molecule has 1 aromatic heterocycles. The molecule has 0 aliphatic heterocycles. The van der Waals surface area contributed by atoms with Crippen LogP contribution in [0.25, 0.3) is 0 Å². The second kappa shape index (κ2) is 4.14. The Morgan fingerprint density at radius 2 is 1.73 bits per heavy atom. The van der Waals surface area contributed by atoms with Crippen molar-refractivity contribution in [1.29, 1.82) is 0 Å². The van der Waals surface area contributed by atoms with Crippen molar-refractivity contribution in [2.24, 2.45) is 4.99 Å². The lowest BCUT2D eigenvalue weighted by Gasteiger charge is -2.03. The molecule has 82 valence electrons. The van der Waals surface area contributed by atoms with Gasteiger partial charge in [0.05, 0.1) is 0 Å². The topological polar surface area (TPSA) is 38.1 Å². The molecule has 0 saturated heterocycles. The van der Waals surface area contributed by atoms with Crippen LogP contribution in [0.3, 0.4) is 0 Å². The van der Waals surface area contributed by atoms with Crippen LogP contribution in [0, 0.1) is 13.8 Å². The first kappa shape index (κ1) is 11.9. The molecule has 0 fully saturated rings. The van der Waals surface area contributed by atoms with Crippen LogP contribution in [0.5, 0.6) is 0 Å². The highest BCUT2D eigenvalue weighted by atomic mass is 35.5. The van der Waals surface area contributed by atoms with Gasteiger partial charge in [-0.2, -0.15) is 18.2 Å². The van der Waals surface area contributed by atoms with Crippen molar-refractivity contribution in [2.75, 3.05) is 0 Å². The van der Waals surface area contributed by atoms with E-state index in [1.807, 2.05) is 0 Å². The van der Waals surface area contributed by atoms with E-state index in [2.05, 4.69) is 15.0 Å². The average Bonchev–Trinajstić information content (AvgIpc) is 1.99. The Kier molecular flexibility index (Phi) is 3.28. The number of aromatic nitrogens is 2. The Labute approximate surface area is 89.0 Å². The first-order chi connectivity index (χ1) is 6.79. The van der Waals surface area contributed by atoms with Gasteiger partial charge in [-0.1, -0.05) is 11.6 Å². The summed E-state index contributed by atoms with van der Waals surface area (Å²) in [5, 5.41) is -1.48. The van der Waals surface area contributed by atoms with Crippen molar-refractivity contribution < 1.29 is 13.2 Å². The molecule has 1 heterocycles. The maximum atomic E-state index is 12.0. The standard InChI is InChI=1S/C8H7ClF3N3/c1-4-3-5(2)14-7(13-4)15-6(9)8(10,11)12/h3H,1-2H3. The molecule has 0 unspecified atom stereocenters. The largest absolute Gasteiger partial charge is 0.444 e. The monoisotopic (exact) mass is 237 g/mol. The van der Waals surface area contributed by atoms with Gasteiger partial charge in [0.2, 0.25) is 5.17 Å². The van der Waals surface area contributed by atoms with Gasteiger partial charge in [-0.25, -0.2) is 9.97 Å². The molecular weight excluding hydrogens is 231 g/mol. The van der Waals surface area contributed by atoms with Crippen LogP contribution in [0.15, 0.2) is 11.1 Å². The van der Waals surface area contributed by atoms with Crippen molar-refractivity contribution in [2.45, 2.75) is 20.0 Å². The smallest absolute Gasteiger partial charge is 0.216 e. The third-order valence-corrected chi connectivity index (χ3v) is 1.70. The normalized spacial score (nSPS) is 13.1. The summed E-state index contributed by atoms with van der Waals surface area (Å²) in [7, 11) is 0. The summed E-state index contributed by atoms with van der Waals surface area (Å²) in [6, 6.07) is 1.63. The molecular formula is C8H7ClF3N3. The minimum Gasteiger partial charge on any atom is -0.216 e. The Hall–Kier alpha value is -1.17. The van der Waals surface area contributed by atoms with Crippen LogP contribution in [-0.2, 0) is 0 Å². The van der Waals surface area contributed by atoms with E-state index in [4.69, 9.17) is 11.6 Å². The zero-order valence-corrected chi connectivity index (χ0v) is 8.69. The number of rotatable bonds is 1. The third kappa shape index (κ3) is 3.47. The van der Waals surface area contributed by atoms with E-state index in [1.165, 1.54) is 0 Å². The summed E-state index contributed by atoms with van der Waals surface area (Å²) >= 11 is 4.94. The molecule has 0 saturated carbocycles. The summed E-state index contributed by atoms with van der Waals surface area (Å²) in [5.41, 5.74) is 1.07. The van der Waals surface area contributed by atoms with Crippen LogP contribution >= 0.6 is 11.6 Å². The fraction of sp³-hybridized carbons (Fsp3) is 0.375. The molecule has 0 radical (unpaired) electrons. The predicted molar refractivity (Wildman–Crippen MR) is 50.5 cm³/mol. The lowest BCUT2D eigenvalue weighted by Crippen LogP contribution is -2.16. The van der Waals surface area contributed by atoms with Gasteiger partial charge in [0.15, 0.2) is 0 Å². The lowest BCUT2D eigenvalue weighted by molar-refractivity contribution is -0.0558. The number of hydrogen-bond acceptors (Lipinski definition) is 3. The number of aliphatic imine (C=N–C) groups is 1. The van der Waals surface area contributed by atoms with Gasteiger partial charge in [0.1, 0.15) is 0 Å². The molecule has 0 atom stereocenters. The zero-order valence-electron chi connectivity index (χ0n) is 7.93. The highest BCUT2D eigenvalue weighted by molar-refractivity contribution is 6.67. The van der Waals surface area contributed by atoms with Gasteiger partial charge in [-0.15, -0.1) is 0 Å². The van der Waals surface area contributed by atoms with E-state index in [0.717, 1.165) is 0 Å². The summed E-state index contributed by atoms with van der Waals surface area (Å²) in [5.74, 6) is -0.283. The molecule has 0 aromatic carbocycles. The summed E-state index contributed by atoms with van der Waals surface area (Å²) < 4.78 is 36.1. The van der Waals surface area contributed by atoms with Gasteiger partial charge in [0, 0.05) is 11.4 Å². The van der Waals surface area contributed by atoms with E-state index in [0.29, 0.717) is 11.4 Å². The van der Waals surface area contributed by atoms with Crippen LogP contribution in [0.4, 0.5) is 19.1 Å². The second-order valence-corrected chi connectivity index (χ2v) is 3.21. The Bertz CT molecular complexity index is 380. The van der Waals surface area contributed by atoms with E-state index < -0.39 is 11.3 Å². The Balaban J connectivity index is 3.08. The predicted octanol–water partition coefficient (Wildman–Crippen LogP) is 2.92. The van der Waals surface area contributed by atoms with Crippen molar-refractivity contribution in [3.63, 3.8) is 0 Å². The van der Waals surface area contributed by atoms with E-state index in [1.54, 1.807) is 19.9 Å².